The fourth-order valence-electron chi connectivity index (χ4n) is 1.77. The van der Waals surface area contributed by atoms with Crippen molar-refractivity contribution in [3.05, 3.63) is 42.5 Å². The molecule has 0 radical (unpaired) electrons. The third-order valence-electron chi connectivity index (χ3n) is 2.58. The number of rotatable bonds is 1. The highest BCUT2D eigenvalue weighted by atomic mass is 16.3. The van der Waals surface area contributed by atoms with Gasteiger partial charge in [0.1, 0.15) is 16.8 Å². The standard InChI is InChI=1S/C13H10N2O2/c14-8-4-3-6-10(16)12(8)13-15-9-5-1-2-7-11(9)17-13/h1-7,16H,14H2. The number of nitrogen functional groups attached to an aromatic ring is 1. The van der Waals surface area contributed by atoms with Crippen LogP contribution in [0.1, 0.15) is 0 Å². The van der Waals surface area contributed by atoms with Crippen LogP contribution in [-0.4, -0.2) is 10.1 Å². The first-order valence-electron chi connectivity index (χ1n) is 5.19. The minimum Gasteiger partial charge on any atom is -0.507 e. The van der Waals surface area contributed by atoms with E-state index in [1.54, 1.807) is 18.2 Å². The molecule has 0 saturated carbocycles. The number of nitrogens with zero attached hydrogens (tertiary/aromatic N) is 1. The topological polar surface area (TPSA) is 72.3 Å². The summed E-state index contributed by atoms with van der Waals surface area (Å²) in [7, 11) is 0. The number of phenols is 1. The van der Waals surface area contributed by atoms with Crippen LogP contribution in [0.25, 0.3) is 22.6 Å². The first kappa shape index (κ1) is 9.72. The number of hydrogen-bond acceptors (Lipinski definition) is 4. The van der Waals surface area contributed by atoms with Crippen molar-refractivity contribution in [3.63, 3.8) is 0 Å². The Morgan fingerprint density at radius 1 is 1.06 bits per heavy atom. The molecule has 1 aromatic heterocycles. The zero-order chi connectivity index (χ0) is 11.8. The lowest BCUT2D eigenvalue weighted by Crippen LogP contribution is -1.89. The SMILES string of the molecule is Nc1cccc(O)c1-c1nc2ccccc2o1. The number of benzene rings is 2. The monoisotopic (exact) mass is 226 g/mol. The first-order valence-corrected chi connectivity index (χ1v) is 5.19. The van der Waals surface area contributed by atoms with Crippen LogP contribution in [0, 0.1) is 0 Å². The molecule has 0 spiro atoms. The lowest BCUT2D eigenvalue weighted by Gasteiger charge is -2.02. The summed E-state index contributed by atoms with van der Waals surface area (Å²) in [6.07, 6.45) is 0. The number of anilines is 1. The maximum atomic E-state index is 9.79. The van der Waals surface area contributed by atoms with Crippen molar-refractivity contribution in [1.82, 2.24) is 4.98 Å². The molecule has 0 atom stereocenters. The highest BCUT2D eigenvalue weighted by Gasteiger charge is 2.14. The second-order valence-electron chi connectivity index (χ2n) is 3.73. The van der Waals surface area contributed by atoms with Crippen LogP contribution < -0.4 is 5.73 Å². The van der Waals surface area contributed by atoms with Crippen LogP contribution in [-0.2, 0) is 0 Å². The van der Waals surface area contributed by atoms with Gasteiger partial charge in [-0.25, -0.2) is 4.98 Å². The number of aromatic hydroxyl groups is 1. The van der Waals surface area contributed by atoms with Crippen LogP contribution in [0.15, 0.2) is 46.9 Å². The van der Waals surface area contributed by atoms with Gasteiger partial charge >= 0.3 is 0 Å². The van der Waals surface area contributed by atoms with Gasteiger partial charge < -0.3 is 15.3 Å². The van der Waals surface area contributed by atoms with E-state index in [2.05, 4.69) is 4.98 Å². The number of oxazole rings is 1. The van der Waals surface area contributed by atoms with Crippen molar-refractivity contribution >= 4 is 16.8 Å². The van der Waals surface area contributed by atoms with E-state index in [1.165, 1.54) is 0 Å². The lowest BCUT2D eigenvalue weighted by atomic mass is 10.1. The number of nitrogens with two attached hydrogens (primary N) is 1. The molecule has 0 saturated heterocycles. The van der Waals surface area contributed by atoms with Gasteiger partial charge in [-0.2, -0.15) is 0 Å². The Balaban J connectivity index is 2.27. The van der Waals surface area contributed by atoms with Gasteiger partial charge in [0.05, 0.1) is 0 Å². The molecule has 0 bridgehead atoms. The molecule has 0 aliphatic carbocycles. The summed E-state index contributed by atoms with van der Waals surface area (Å²) in [5, 5.41) is 9.79. The number of fused-ring (bicyclic) bond motifs is 1. The molecule has 4 nitrogen and oxygen atoms in total. The van der Waals surface area contributed by atoms with Gasteiger partial charge in [0.25, 0.3) is 0 Å². The molecule has 4 heteroatoms. The average molecular weight is 226 g/mol. The molecule has 0 amide bonds. The Hall–Kier alpha value is -2.49. The molecule has 3 aromatic rings. The van der Waals surface area contributed by atoms with Crippen molar-refractivity contribution in [2.45, 2.75) is 0 Å². The summed E-state index contributed by atoms with van der Waals surface area (Å²) in [6, 6.07) is 12.3. The zero-order valence-corrected chi connectivity index (χ0v) is 8.92. The number of hydrogen-bond donors (Lipinski definition) is 2. The second kappa shape index (κ2) is 3.52. The Morgan fingerprint density at radius 2 is 1.88 bits per heavy atom. The predicted molar refractivity (Wildman–Crippen MR) is 65.5 cm³/mol. The Morgan fingerprint density at radius 3 is 2.65 bits per heavy atom. The Bertz CT molecular complexity index is 635. The fourth-order valence-corrected chi connectivity index (χ4v) is 1.77. The van der Waals surface area contributed by atoms with Crippen molar-refractivity contribution in [2.24, 2.45) is 0 Å². The molecule has 0 unspecified atom stereocenters. The van der Waals surface area contributed by atoms with Crippen LogP contribution in [0.2, 0.25) is 0 Å². The molecule has 1 heterocycles. The third-order valence-corrected chi connectivity index (χ3v) is 2.58. The molecule has 0 aliphatic heterocycles. The maximum absolute atomic E-state index is 9.79. The normalized spacial score (nSPS) is 10.8. The lowest BCUT2D eigenvalue weighted by molar-refractivity contribution is 0.474. The molecule has 0 fully saturated rings. The fraction of sp³-hybridized carbons (Fsp3) is 0. The summed E-state index contributed by atoms with van der Waals surface area (Å²) in [5.74, 6) is 0.401. The summed E-state index contributed by atoms with van der Waals surface area (Å²) >= 11 is 0. The summed E-state index contributed by atoms with van der Waals surface area (Å²) in [6.45, 7) is 0. The first-order chi connectivity index (χ1) is 8.25. The molecular formula is C13H10N2O2. The Labute approximate surface area is 97.3 Å². The van der Waals surface area contributed by atoms with E-state index < -0.39 is 0 Å². The molecule has 3 rings (SSSR count). The van der Waals surface area contributed by atoms with Crippen molar-refractivity contribution in [2.75, 3.05) is 5.73 Å². The number of phenolic OH excluding ortho intramolecular Hbond substituents is 1. The molecule has 84 valence electrons. The van der Waals surface area contributed by atoms with Gasteiger partial charge in [-0.15, -0.1) is 0 Å². The van der Waals surface area contributed by atoms with Crippen LogP contribution >= 0.6 is 0 Å². The summed E-state index contributed by atoms with van der Waals surface area (Å²) < 4.78 is 5.56. The van der Waals surface area contributed by atoms with Gasteiger partial charge in [0, 0.05) is 5.69 Å². The van der Waals surface area contributed by atoms with E-state index in [4.69, 9.17) is 10.2 Å². The second-order valence-corrected chi connectivity index (χ2v) is 3.73. The van der Waals surface area contributed by atoms with Crippen molar-refractivity contribution in [3.8, 4) is 17.2 Å². The quantitative estimate of drug-likeness (QED) is 0.626. The average Bonchev–Trinajstić information content (AvgIpc) is 2.71. The van der Waals surface area contributed by atoms with E-state index in [0.29, 0.717) is 22.7 Å². The molecular weight excluding hydrogens is 216 g/mol. The van der Waals surface area contributed by atoms with Gasteiger partial charge in [-0.1, -0.05) is 18.2 Å². The molecule has 2 aromatic carbocycles. The molecule has 17 heavy (non-hydrogen) atoms. The minimum atomic E-state index is 0.0663. The molecule has 3 N–H and O–H groups in total. The predicted octanol–water partition coefficient (Wildman–Crippen LogP) is 2.78. The zero-order valence-electron chi connectivity index (χ0n) is 8.92. The van der Waals surface area contributed by atoms with E-state index >= 15 is 0 Å². The molecule has 0 aliphatic rings. The largest absolute Gasteiger partial charge is 0.507 e. The highest BCUT2D eigenvalue weighted by molar-refractivity contribution is 5.82. The number of para-hydroxylation sites is 2. The summed E-state index contributed by atoms with van der Waals surface area (Å²) in [4.78, 5) is 4.30. The van der Waals surface area contributed by atoms with E-state index in [9.17, 15) is 5.11 Å². The van der Waals surface area contributed by atoms with Crippen LogP contribution in [0.3, 0.4) is 0 Å². The van der Waals surface area contributed by atoms with Crippen LogP contribution in [0.4, 0.5) is 5.69 Å². The van der Waals surface area contributed by atoms with E-state index in [0.717, 1.165) is 5.52 Å². The number of aromatic nitrogens is 1. The maximum Gasteiger partial charge on any atom is 0.233 e. The van der Waals surface area contributed by atoms with Crippen LogP contribution in [0.5, 0.6) is 5.75 Å². The minimum absolute atomic E-state index is 0.0663. The highest BCUT2D eigenvalue weighted by Crippen LogP contribution is 2.35. The van der Waals surface area contributed by atoms with E-state index in [-0.39, 0.29) is 5.75 Å². The van der Waals surface area contributed by atoms with Gasteiger partial charge in [-0.05, 0) is 24.3 Å². The third kappa shape index (κ3) is 1.50. The van der Waals surface area contributed by atoms with Gasteiger partial charge in [0.2, 0.25) is 5.89 Å². The van der Waals surface area contributed by atoms with Gasteiger partial charge in [-0.3, -0.25) is 0 Å². The Kier molecular flexibility index (Phi) is 2.01. The van der Waals surface area contributed by atoms with E-state index in [1.807, 2.05) is 24.3 Å². The van der Waals surface area contributed by atoms with Gasteiger partial charge in [0.15, 0.2) is 5.58 Å². The van der Waals surface area contributed by atoms with Crippen molar-refractivity contribution in [1.29, 1.82) is 0 Å². The smallest absolute Gasteiger partial charge is 0.233 e. The van der Waals surface area contributed by atoms with Crippen molar-refractivity contribution < 1.29 is 9.52 Å². The summed E-state index contributed by atoms with van der Waals surface area (Å²) in [5.41, 5.74) is 8.10.